The van der Waals surface area contributed by atoms with Gasteiger partial charge in [0, 0.05) is 30.7 Å². The van der Waals surface area contributed by atoms with Crippen LogP contribution < -0.4 is 11.1 Å². The zero-order valence-corrected chi connectivity index (χ0v) is 10.2. The van der Waals surface area contributed by atoms with Gasteiger partial charge in [0.05, 0.1) is 5.69 Å². The molecule has 0 radical (unpaired) electrons. The summed E-state index contributed by atoms with van der Waals surface area (Å²) in [5.41, 5.74) is 6.99. The molecule has 0 amide bonds. The lowest BCUT2D eigenvalue weighted by Gasteiger charge is -2.04. The maximum absolute atomic E-state index is 5.52. The number of anilines is 2. The van der Waals surface area contributed by atoms with E-state index in [1.54, 1.807) is 12.3 Å². The van der Waals surface area contributed by atoms with Crippen LogP contribution in [0.25, 0.3) is 0 Å². The zero-order valence-electron chi connectivity index (χ0n) is 9.42. The lowest BCUT2D eigenvalue weighted by molar-refractivity contribution is 0.662. The Morgan fingerprint density at radius 3 is 3.00 bits per heavy atom. The molecule has 0 unspecified atom stereocenters. The highest BCUT2D eigenvalue weighted by atomic mass is 32.1. The van der Waals surface area contributed by atoms with Crippen molar-refractivity contribution in [3.63, 3.8) is 0 Å². The van der Waals surface area contributed by atoms with Crippen molar-refractivity contribution in [3.05, 3.63) is 36.3 Å². The first-order valence-electron chi connectivity index (χ1n) is 5.25. The van der Waals surface area contributed by atoms with E-state index in [0.29, 0.717) is 5.69 Å². The Morgan fingerprint density at radius 2 is 2.35 bits per heavy atom. The maximum atomic E-state index is 5.52. The van der Waals surface area contributed by atoms with Crippen molar-refractivity contribution < 1.29 is 0 Å². The van der Waals surface area contributed by atoms with Crippen LogP contribution in [0.5, 0.6) is 0 Å². The largest absolute Gasteiger partial charge is 0.388 e. The number of thiocarbonyl (C=S) groups is 1. The van der Waals surface area contributed by atoms with Gasteiger partial charge in [-0.1, -0.05) is 12.2 Å². The molecule has 0 saturated heterocycles. The van der Waals surface area contributed by atoms with Crippen molar-refractivity contribution in [1.29, 1.82) is 0 Å². The quantitative estimate of drug-likeness (QED) is 0.804. The summed E-state index contributed by atoms with van der Waals surface area (Å²) in [6.07, 6.45) is 3.58. The lowest BCUT2D eigenvalue weighted by atomic mass is 10.3. The molecule has 2 aromatic rings. The SMILES string of the molecule is CCn1ccc(Nc2ccnc(C(N)=S)c2)n1. The number of nitrogens with zero attached hydrogens (tertiary/aromatic N) is 3. The van der Waals surface area contributed by atoms with E-state index in [-0.39, 0.29) is 4.99 Å². The number of nitrogens with one attached hydrogen (secondary N) is 1. The third-order valence-corrected chi connectivity index (χ3v) is 2.46. The monoisotopic (exact) mass is 247 g/mol. The van der Waals surface area contributed by atoms with E-state index in [2.05, 4.69) is 15.4 Å². The molecule has 0 aromatic carbocycles. The molecule has 0 aliphatic heterocycles. The zero-order chi connectivity index (χ0) is 12.3. The normalized spacial score (nSPS) is 10.2. The minimum atomic E-state index is 0.285. The van der Waals surface area contributed by atoms with Gasteiger partial charge in [-0.2, -0.15) is 5.10 Å². The summed E-state index contributed by atoms with van der Waals surface area (Å²) < 4.78 is 1.85. The van der Waals surface area contributed by atoms with Crippen molar-refractivity contribution in [1.82, 2.24) is 14.8 Å². The lowest BCUT2D eigenvalue weighted by Crippen LogP contribution is -2.11. The smallest absolute Gasteiger partial charge is 0.152 e. The molecule has 2 aromatic heterocycles. The number of hydrogen-bond donors (Lipinski definition) is 2. The summed E-state index contributed by atoms with van der Waals surface area (Å²) >= 11 is 4.88. The Morgan fingerprint density at radius 1 is 1.53 bits per heavy atom. The standard InChI is InChI=1S/C11H13N5S/c1-2-16-6-4-10(15-16)14-8-3-5-13-9(7-8)11(12)17/h3-7H,2H2,1H3,(H2,12,17)(H,13,14,15). The molecular formula is C11H13N5S. The van der Waals surface area contributed by atoms with E-state index in [9.17, 15) is 0 Å². The van der Waals surface area contributed by atoms with Crippen LogP contribution in [0.15, 0.2) is 30.6 Å². The summed E-state index contributed by atoms with van der Waals surface area (Å²) in [6.45, 7) is 2.88. The van der Waals surface area contributed by atoms with E-state index in [0.717, 1.165) is 18.1 Å². The molecule has 0 fully saturated rings. The van der Waals surface area contributed by atoms with Crippen LogP contribution in [0.3, 0.4) is 0 Å². The van der Waals surface area contributed by atoms with E-state index in [1.165, 1.54) is 0 Å². The van der Waals surface area contributed by atoms with Gasteiger partial charge in [0.25, 0.3) is 0 Å². The van der Waals surface area contributed by atoms with Crippen molar-refractivity contribution in [2.45, 2.75) is 13.5 Å². The fraction of sp³-hybridized carbons (Fsp3) is 0.182. The fourth-order valence-electron chi connectivity index (χ4n) is 1.40. The topological polar surface area (TPSA) is 68.8 Å². The van der Waals surface area contributed by atoms with Crippen LogP contribution in [0.1, 0.15) is 12.6 Å². The van der Waals surface area contributed by atoms with Gasteiger partial charge >= 0.3 is 0 Å². The van der Waals surface area contributed by atoms with Gasteiger partial charge in [-0.05, 0) is 19.1 Å². The van der Waals surface area contributed by atoms with Gasteiger partial charge in [0.15, 0.2) is 5.82 Å². The van der Waals surface area contributed by atoms with Gasteiger partial charge in [-0.25, -0.2) is 0 Å². The van der Waals surface area contributed by atoms with Crippen LogP contribution in [0, 0.1) is 0 Å². The van der Waals surface area contributed by atoms with Crippen molar-refractivity contribution in [2.75, 3.05) is 5.32 Å². The first-order valence-corrected chi connectivity index (χ1v) is 5.66. The molecular weight excluding hydrogens is 234 g/mol. The number of aryl methyl sites for hydroxylation is 1. The second-order valence-corrected chi connectivity index (χ2v) is 3.92. The fourth-order valence-corrected chi connectivity index (χ4v) is 1.51. The molecule has 88 valence electrons. The second kappa shape index (κ2) is 4.92. The highest BCUT2D eigenvalue weighted by Gasteiger charge is 2.02. The van der Waals surface area contributed by atoms with Crippen LogP contribution in [-0.4, -0.2) is 19.8 Å². The Labute approximate surface area is 105 Å². The average Bonchev–Trinajstić information content (AvgIpc) is 2.77. The van der Waals surface area contributed by atoms with Gasteiger partial charge < -0.3 is 11.1 Å². The van der Waals surface area contributed by atoms with Crippen molar-refractivity contribution in [2.24, 2.45) is 5.73 Å². The first-order chi connectivity index (χ1) is 8.19. The number of nitrogens with two attached hydrogens (primary N) is 1. The summed E-state index contributed by atoms with van der Waals surface area (Å²) in [6, 6.07) is 5.55. The second-order valence-electron chi connectivity index (χ2n) is 3.48. The van der Waals surface area contributed by atoms with Crippen molar-refractivity contribution >= 4 is 28.7 Å². The van der Waals surface area contributed by atoms with E-state index < -0.39 is 0 Å². The van der Waals surface area contributed by atoms with Gasteiger partial charge in [0.1, 0.15) is 4.99 Å². The molecule has 17 heavy (non-hydrogen) atoms. The summed E-state index contributed by atoms with van der Waals surface area (Å²) in [4.78, 5) is 4.36. The number of rotatable bonds is 4. The number of aromatic nitrogens is 3. The van der Waals surface area contributed by atoms with Crippen LogP contribution in [-0.2, 0) is 6.54 Å². The van der Waals surface area contributed by atoms with E-state index in [1.807, 2.05) is 29.9 Å². The molecule has 0 aliphatic carbocycles. The molecule has 0 spiro atoms. The van der Waals surface area contributed by atoms with Gasteiger partial charge in [0.2, 0.25) is 0 Å². The van der Waals surface area contributed by atoms with E-state index >= 15 is 0 Å². The Balaban J connectivity index is 2.18. The molecule has 0 saturated carbocycles. The predicted molar refractivity (Wildman–Crippen MR) is 71.3 cm³/mol. The van der Waals surface area contributed by atoms with Crippen LogP contribution in [0.4, 0.5) is 11.5 Å². The predicted octanol–water partition coefficient (Wildman–Crippen LogP) is 1.68. The summed E-state index contributed by atoms with van der Waals surface area (Å²) in [7, 11) is 0. The molecule has 0 atom stereocenters. The molecule has 2 heterocycles. The number of hydrogen-bond acceptors (Lipinski definition) is 4. The Hall–Kier alpha value is -1.95. The maximum Gasteiger partial charge on any atom is 0.152 e. The molecule has 2 rings (SSSR count). The molecule has 0 bridgehead atoms. The summed E-state index contributed by atoms with van der Waals surface area (Å²) in [5, 5.41) is 7.49. The highest BCUT2D eigenvalue weighted by molar-refractivity contribution is 7.80. The van der Waals surface area contributed by atoms with Gasteiger partial charge in [-0.3, -0.25) is 9.67 Å². The first kappa shape index (κ1) is 11.5. The summed E-state index contributed by atoms with van der Waals surface area (Å²) in [5.74, 6) is 0.784. The van der Waals surface area contributed by atoms with Gasteiger partial charge in [-0.15, -0.1) is 0 Å². The minimum absolute atomic E-state index is 0.285. The highest BCUT2D eigenvalue weighted by Crippen LogP contribution is 2.14. The molecule has 3 N–H and O–H groups in total. The minimum Gasteiger partial charge on any atom is -0.388 e. The third kappa shape index (κ3) is 2.79. The Kier molecular flexibility index (Phi) is 3.34. The average molecular weight is 247 g/mol. The Bertz CT molecular complexity index is 534. The van der Waals surface area contributed by atoms with E-state index in [4.69, 9.17) is 18.0 Å². The third-order valence-electron chi connectivity index (χ3n) is 2.25. The number of pyridine rings is 1. The molecule has 6 heteroatoms. The molecule has 5 nitrogen and oxygen atoms in total. The molecule has 0 aliphatic rings. The van der Waals surface area contributed by atoms with Crippen LogP contribution in [0.2, 0.25) is 0 Å². The van der Waals surface area contributed by atoms with Crippen molar-refractivity contribution in [3.8, 4) is 0 Å². The van der Waals surface area contributed by atoms with Crippen LogP contribution >= 0.6 is 12.2 Å².